The molecule has 2 aromatic rings. The number of piperidine rings is 1. The lowest BCUT2D eigenvalue weighted by atomic mass is 10.1. The summed E-state index contributed by atoms with van der Waals surface area (Å²) in [5, 5.41) is 3.44. The molecule has 3 aliphatic heterocycles. The average Bonchev–Trinajstić information content (AvgIpc) is 2.92. The molecule has 0 aliphatic carbocycles. The lowest BCUT2D eigenvalue weighted by Gasteiger charge is -2.41. The molecule has 192 valence electrons. The van der Waals surface area contributed by atoms with E-state index in [2.05, 4.69) is 49.4 Å². The van der Waals surface area contributed by atoms with Crippen molar-refractivity contribution in [3.63, 3.8) is 0 Å². The van der Waals surface area contributed by atoms with Crippen molar-refractivity contribution in [2.24, 2.45) is 0 Å². The molecular weight excluding hydrogens is 458 g/mol. The van der Waals surface area contributed by atoms with Gasteiger partial charge in [0.1, 0.15) is 6.33 Å². The third-order valence-corrected chi connectivity index (χ3v) is 7.50. The number of piperazine rings is 1. The zero-order valence-corrected chi connectivity index (χ0v) is 21.0. The van der Waals surface area contributed by atoms with E-state index in [1.165, 1.54) is 17.7 Å². The first kappa shape index (κ1) is 24.5. The standard InChI is InChI=1S/C26H35N7O3/c1-19(34)31-13-15-33(16-14-31)21-5-3-20(4-6-21)32-11-8-22(9-12-32)36-26-29-24(17-25(35)30(26)2)23-7-10-27-18-28-23/h3-7,10,18,22,24,26,29H,8-9,11-17H2,1-2H3. The number of benzene rings is 1. The molecule has 0 bridgehead atoms. The van der Waals surface area contributed by atoms with Gasteiger partial charge in [-0.3, -0.25) is 14.9 Å². The Morgan fingerprint density at radius 2 is 1.61 bits per heavy atom. The highest BCUT2D eigenvalue weighted by Crippen LogP contribution is 2.27. The van der Waals surface area contributed by atoms with E-state index < -0.39 is 6.35 Å². The van der Waals surface area contributed by atoms with Crippen LogP contribution in [0.5, 0.6) is 0 Å². The summed E-state index contributed by atoms with van der Waals surface area (Å²) >= 11 is 0. The van der Waals surface area contributed by atoms with Crippen molar-refractivity contribution in [2.45, 2.75) is 44.7 Å². The molecule has 2 atom stereocenters. The van der Waals surface area contributed by atoms with Gasteiger partial charge in [0.25, 0.3) is 0 Å². The van der Waals surface area contributed by atoms with Crippen LogP contribution < -0.4 is 15.1 Å². The van der Waals surface area contributed by atoms with Crippen LogP contribution in [0, 0.1) is 0 Å². The Morgan fingerprint density at radius 1 is 0.972 bits per heavy atom. The number of anilines is 2. The number of hydrogen-bond acceptors (Lipinski definition) is 8. The molecule has 10 nitrogen and oxygen atoms in total. The Labute approximate surface area is 212 Å². The smallest absolute Gasteiger partial charge is 0.227 e. The number of ether oxygens (including phenoxy) is 1. The van der Waals surface area contributed by atoms with Crippen LogP contribution in [0.15, 0.2) is 42.9 Å². The molecule has 1 aromatic carbocycles. The summed E-state index contributed by atoms with van der Waals surface area (Å²) in [6, 6.07) is 10.4. The highest BCUT2D eigenvalue weighted by Gasteiger charge is 2.35. The van der Waals surface area contributed by atoms with E-state index >= 15 is 0 Å². The van der Waals surface area contributed by atoms with Crippen molar-refractivity contribution in [3.05, 3.63) is 48.5 Å². The van der Waals surface area contributed by atoms with E-state index in [9.17, 15) is 9.59 Å². The van der Waals surface area contributed by atoms with Crippen LogP contribution in [-0.2, 0) is 14.3 Å². The van der Waals surface area contributed by atoms with Crippen LogP contribution >= 0.6 is 0 Å². The number of rotatable bonds is 5. The number of aromatic nitrogens is 2. The topological polar surface area (TPSA) is 94.1 Å². The predicted molar refractivity (Wildman–Crippen MR) is 136 cm³/mol. The fourth-order valence-electron chi connectivity index (χ4n) is 5.21. The van der Waals surface area contributed by atoms with E-state index in [1.54, 1.807) is 25.1 Å². The first-order valence-corrected chi connectivity index (χ1v) is 12.8. The maximum Gasteiger partial charge on any atom is 0.227 e. The molecule has 5 rings (SSSR count). The first-order valence-electron chi connectivity index (χ1n) is 12.8. The number of carbonyl (C=O) groups is 2. The molecule has 4 heterocycles. The van der Waals surface area contributed by atoms with Crippen molar-refractivity contribution < 1.29 is 14.3 Å². The van der Waals surface area contributed by atoms with E-state index in [0.29, 0.717) is 6.42 Å². The molecule has 0 spiro atoms. The first-order chi connectivity index (χ1) is 17.5. The minimum absolute atomic E-state index is 0.0441. The summed E-state index contributed by atoms with van der Waals surface area (Å²) in [7, 11) is 1.78. The van der Waals surface area contributed by atoms with E-state index in [0.717, 1.165) is 57.8 Å². The van der Waals surface area contributed by atoms with Gasteiger partial charge in [0.05, 0.1) is 17.8 Å². The quantitative estimate of drug-likeness (QED) is 0.672. The van der Waals surface area contributed by atoms with Crippen LogP contribution in [0.1, 0.15) is 37.9 Å². The van der Waals surface area contributed by atoms with Crippen LogP contribution in [0.25, 0.3) is 0 Å². The number of carbonyl (C=O) groups excluding carboxylic acids is 2. The fraction of sp³-hybridized carbons (Fsp3) is 0.538. The molecule has 1 N–H and O–H groups in total. The van der Waals surface area contributed by atoms with Gasteiger partial charge in [-0.25, -0.2) is 9.97 Å². The van der Waals surface area contributed by atoms with E-state index in [1.807, 2.05) is 11.0 Å². The number of amides is 2. The molecule has 36 heavy (non-hydrogen) atoms. The second-order valence-corrected chi connectivity index (χ2v) is 9.75. The van der Waals surface area contributed by atoms with Gasteiger partial charge in [0, 0.05) is 77.2 Å². The maximum atomic E-state index is 12.6. The second-order valence-electron chi connectivity index (χ2n) is 9.75. The zero-order valence-electron chi connectivity index (χ0n) is 21.0. The third kappa shape index (κ3) is 5.44. The highest BCUT2D eigenvalue weighted by molar-refractivity contribution is 5.77. The fourth-order valence-corrected chi connectivity index (χ4v) is 5.21. The van der Waals surface area contributed by atoms with E-state index in [-0.39, 0.29) is 24.0 Å². The van der Waals surface area contributed by atoms with Crippen molar-refractivity contribution in [1.29, 1.82) is 0 Å². The molecule has 3 fully saturated rings. The monoisotopic (exact) mass is 493 g/mol. The normalized spacial score (nSPS) is 23.8. The molecule has 1 aromatic heterocycles. The number of nitrogens with one attached hydrogen (secondary N) is 1. The molecule has 2 amide bonds. The van der Waals surface area contributed by atoms with Gasteiger partial charge in [-0.2, -0.15) is 0 Å². The summed E-state index contributed by atoms with van der Waals surface area (Å²) in [5.74, 6) is 0.197. The van der Waals surface area contributed by atoms with Gasteiger partial charge < -0.3 is 24.3 Å². The Balaban J connectivity index is 1.12. The van der Waals surface area contributed by atoms with Crippen molar-refractivity contribution in [2.75, 3.05) is 56.1 Å². The van der Waals surface area contributed by atoms with E-state index in [4.69, 9.17) is 4.74 Å². The molecule has 3 aliphatic rings. The maximum absolute atomic E-state index is 12.6. The zero-order chi connectivity index (χ0) is 25.1. The van der Waals surface area contributed by atoms with Gasteiger partial charge in [0.2, 0.25) is 11.8 Å². The van der Waals surface area contributed by atoms with Gasteiger partial charge in [0.15, 0.2) is 6.35 Å². The SMILES string of the molecule is CC(=O)N1CCN(c2ccc(N3CCC(OC4NC(c5ccncn5)CC(=O)N4C)CC3)cc2)CC1. The van der Waals surface area contributed by atoms with Crippen molar-refractivity contribution in [1.82, 2.24) is 25.1 Å². The van der Waals surface area contributed by atoms with Gasteiger partial charge in [-0.05, 0) is 43.2 Å². The van der Waals surface area contributed by atoms with Crippen molar-refractivity contribution in [3.8, 4) is 0 Å². The summed E-state index contributed by atoms with van der Waals surface area (Å²) in [6.07, 6.45) is 4.96. The van der Waals surface area contributed by atoms with Crippen molar-refractivity contribution >= 4 is 23.2 Å². The Hall–Kier alpha value is -3.24. The predicted octanol–water partition coefficient (Wildman–Crippen LogP) is 1.61. The Morgan fingerprint density at radius 3 is 2.19 bits per heavy atom. The molecule has 3 saturated heterocycles. The van der Waals surface area contributed by atoms with Gasteiger partial charge in [-0.15, -0.1) is 0 Å². The average molecular weight is 494 g/mol. The van der Waals surface area contributed by atoms with Gasteiger partial charge in [-0.1, -0.05) is 0 Å². The lowest BCUT2D eigenvalue weighted by molar-refractivity contribution is -0.167. The van der Waals surface area contributed by atoms with Crippen LogP contribution in [0.4, 0.5) is 11.4 Å². The summed E-state index contributed by atoms with van der Waals surface area (Å²) in [6.45, 7) is 6.74. The summed E-state index contributed by atoms with van der Waals surface area (Å²) in [5.41, 5.74) is 3.22. The van der Waals surface area contributed by atoms with Crippen LogP contribution in [-0.4, -0.2) is 90.4 Å². The van der Waals surface area contributed by atoms with Crippen LogP contribution in [0.3, 0.4) is 0 Å². The van der Waals surface area contributed by atoms with Crippen LogP contribution in [0.2, 0.25) is 0 Å². The second kappa shape index (κ2) is 10.8. The Kier molecular flexibility index (Phi) is 7.33. The van der Waals surface area contributed by atoms with Gasteiger partial charge >= 0.3 is 0 Å². The highest BCUT2D eigenvalue weighted by atomic mass is 16.5. The Bertz CT molecular complexity index is 1040. The molecule has 10 heteroatoms. The minimum atomic E-state index is -0.467. The number of hydrogen-bond donors (Lipinski definition) is 1. The summed E-state index contributed by atoms with van der Waals surface area (Å²) in [4.78, 5) is 40.7. The largest absolute Gasteiger partial charge is 0.371 e. The minimum Gasteiger partial charge on any atom is -0.371 e. The molecule has 0 radical (unpaired) electrons. The number of nitrogens with zero attached hydrogens (tertiary/aromatic N) is 6. The summed E-state index contributed by atoms with van der Waals surface area (Å²) < 4.78 is 6.36. The molecule has 2 unspecified atom stereocenters. The molecular formula is C26H35N7O3. The molecule has 0 saturated carbocycles. The third-order valence-electron chi connectivity index (χ3n) is 7.50. The lowest BCUT2D eigenvalue weighted by Crippen LogP contribution is -2.56.